The van der Waals surface area contributed by atoms with Crippen LogP contribution in [0.2, 0.25) is 0 Å². The van der Waals surface area contributed by atoms with E-state index in [1.165, 1.54) is 18.2 Å². The first kappa shape index (κ1) is 16.5. The highest BCUT2D eigenvalue weighted by Crippen LogP contribution is 2.29. The molecule has 3 nitrogen and oxygen atoms in total. The summed E-state index contributed by atoms with van der Waals surface area (Å²) in [6.45, 7) is 7.42. The summed E-state index contributed by atoms with van der Waals surface area (Å²) in [6.07, 6.45) is 0. The highest BCUT2D eigenvalue weighted by Gasteiger charge is 2.19. The van der Waals surface area contributed by atoms with Gasteiger partial charge in [-0.2, -0.15) is 0 Å². The second-order valence-corrected chi connectivity index (χ2v) is 7.39. The molecule has 0 atom stereocenters. The van der Waals surface area contributed by atoms with Gasteiger partial charge in [-0.25, -0.2) is 12.8 Å². The van der Waals surface area contributed by atoms with Gasteiger partial charge < -0.3 is 0 Å². The summed E-state index contributed by atoms with van der Waals surface area (Å²) in [6, 6.07) is 9.46. The number of anilines is 1. The fourth-order valence-electron chi connectivity index (χ4n) is 2.29. The monoisotopic (exact) mass is 321 g/mol. The van der Waals surface area contributed by atoms with Gasteiger partial charge in [0.25, 0.3) is 10.0 Å². The summed E-state index contributed by atoms with van der Waals surface area (Å²) in [5, 5.41) is 0. The van der Waals surface area contributed by atoms with Crippen molar-refractivity contribution in [2.75, 3.05) is 4.72 Å². The molecule has 118 valence electrons. The standard InChI is InChI=1S/C17H20FNO2S/c1-11(2)15-7-5-6-12(3)17(15)19-22(20,21)14-8-9-16(18)13(4)10-14/h5-11,19H,1-4H3. The van der Waals surface area contributed by atoms with E-state index in [-0.39, 0.29) is 10.8 Å². The molecule has 2 rings (SSSR count). The van der Waals surface area contributed by atoms with Crippen molar-refractivity contribution >= 4 is 15.7 Å². The van der Waals surface area contributed by atoms with Crippen LogP contribution in [-0.4, -0.2) is 8.42 Å². The van der Waals surface area contributed by atoms with E-state index in [0.29, 0.717) is 11.3 Å². The third-order valence-corrected chi connectivity index (χ3v) is 4.95. The van der Waals surface area contributed by atoms with Gasteiger partial charge in [0.15, 0.2) is 0 Å². The number of sulfonamides is 1. The predicted octanol–water partition coefficient (Wildman–Crippen LogP) is 4.37. The lowest BCUT2D eigenvalue weighted by Gasteiger charge is -2.17. The first-order valence-electron chi connectivity index (χ1n) is 7.11. The fraction of sp³-hybridized carbons (Fsp3) is 0.294. The van der Waals surface area contributed by atoms with Crippen LogP contribution in [0.15, 0.2) is 41.3 Å². The van der Waals surface area contributed by atoms with Gasteiger partial charge in [-0.05, 0) is 54.7 Å². The highest BCUT2D eigenvalue weighted by molar-refractivity contribution is 7.92. The molecule has 0 aliphatic rings. The molecule has 5 heteroatoms. The second kappa shape index (κ2) is 6.08. The summed E-state index contributed by atoms with van der Waals surface area (Å²) < 4.78 is 41.1. The van der Waals surface area contributed by atoms with Crippen LogP contribution in [0.3, 0.4) is 0 Å². The first-order valence-corrected chi connectivity index (χ1v) is 8.59. The Labute approximate surface area is 131 Å². The lowest BCUT2D eigenvalue weighted by Crippen LogP contribution is -2.16. The van der Waals surface area contributed by atoms with Gasteiger partial charge in [0.2, 0.25) is 0 Å². The average Bonchev–Trinajstić information content (AvgIpc) is 2.43. The largest absolute Gasteiger partial charge is 0.279 e. The summed E-state index contributed by atoms with van der Waals surface area (Å²) in [7, 11) is -3.75. The maximum absolute atomic E-state index is 13.3. The molecule has 0 saturated heterocycles. The van der Waals surface area contributed by atoms with Crippen molar-refractivity contribution in [1.29, 1.82) is 0 Å². The number of hydrogen-bond donors (Lipinski definition) is 1. The lowest BCUT2D eigenvalue weighted by molar-refractivity contribution is 0.598. The summed E-state index contributed by atoms with van der Waals surface area (Å²) >= 11 is 0. The molecule has 2 aromatic rings. The molecule has 0 saturated carbocycles. The number of aryl methyl sites for hydroxylation is 2. The van der Waals surface area contributed by atoms with Crippen molar-refractivity contribution in [2.45, 2.75) is 38.5 Å². The Hall–Kier alpha value is -1.88. The number of rotatable bonds is 4. The third kappa shape index (κ3) is 3.30. The minimum absolute atomic E-state index is 0.0596. The van der Waals surface area contributed by atoms with Crippen LogP contribution in [0.4, 0.5) is 10.1 Å². The summed E-state index contributed by atoms with van der Waals surface area (Å²) in [5.41, 5.74) is 2.69. The van der Waals surface area contributed by atoms with Gasteiger partial charge in [0.1, 0.15) is 5.82 Å². The minimum atomic E-state index is -3.75. The maximum Gasteiger partial charge on any atom is 0.261 e. The number of hydrogen-bond acceptors (Lipinski definition) is 2. The van der Waals surface area contributed by atoms with Gasteiger partial charge in [0.05, 0.1) is 10.6 Å². The van der Waals surface area contributed by atoms with Crippen LogP contribution in [0.1, 0.15) is 36.5 Å². The first-order chi connectivity index (χ1) is 10.2. The molecular formula is C17H20FNO2S. The molecule has 0 aliphatic heterocycles. The molecular weight excluding hydrogens is 301 g/mol. The molecule has 0 unspecified atom stereocenters. The van der Waals surface area contributed by atoms with Crippen LogP contribution in [0.5, 0.6) is 0 Å². The predicted molar refractivity (Wildman–Crippen MR) is 87.2 cm³/mol. The van der Waals surface area contributed by atoms with Gasteiger partial charge in [-0.1, -0.05) is 32.0 Å². The Bertz CT molecular complexity index is 798. The number of para-hydroxylation sites is 1. The molecule has 0 aromatic heterocycles. The topological polar surface area (TPSA) is 46.2 Å². The summed E-state index contributed by atoms with van der Waals surface area (Å²) in [4.78, 5) is 0.0596. The molecule has 0 heterocycles. The Morgan fingerprint density at radius 1 is 1.05 bits per heavy atom. The Morgan fingerprint density at radius 3 is 2.32 bits per heavy atom. The van der Waals surface area contributed by atoms with Crippen LogP contribution in [0, 0.1) is 19.7 Å². The molecule has 0 amide bonds. The van der Waals surface area contributed by atoms with Gasteiger partial charge in [0, 0.05) is 0 Å². The Kier molecular flexibility index (Phi) is 4.56. The molecule has 0 radical (unpaired) electrons. The third-order valence-electron chi connectivity index (χ3n) is 3.60. The van der Waals surface area contributed by atoms with Crippen LogP contribution >= 0.6 is 0 Å². The highest BCUT2D eigenvalue weighted by atomic mass is 32.2. The van der Waals surface area contributed by atoms with E-state index < -0.39 is 15.8 Å². The molecule has 0 bridgehead atoms. The average molecular weight is 321 g/mol. The van der Waals surface area contributed by atoms with E-state index in [1.54, 1.807) is 6.92 Å². The molecule has 0 spiro atoms. The van der Waals surface area contributed by atoms with Crippen molar-refractivity contribution in [3.8, 4) is 0 Å². The van der Waals surface area contributed by atoms with E-state index in [4.69, 9.17) is 0 Å². The van der Waals surface area contributed by atoms with Crippen molar-refractivity contribution in [3.05, 3.63) is 58.9 Å². The van der Waals surface area contributed by atoms with Crippen LogP contribution < -0.4 is 4.72 Å². The van der Waals surface area contributed by atoms with Gasteiger partial charge in [-0.3, -0.25) is 4.72 Å². The van der Waals surface area contributed by atoms with E-state index in [0.717, 1.165) is 11.1 Å². The zero-order chi connectivity index (χ0) is 16.5. The smallest absolute Gasteiger partial charge is 0.261 e. The zero-order valence-corrected chi connectivity index (χ0v) is 14.0. The van der Waals surface area contributed by atoms with Crippen molar-refractivity contribution in [1.82, 2.24) is 0 Å². The van der Waals surface area contributed by atoms with E-state index >= 15 is 0 Å². The van der Waals surface area contributed by atoms with E-state index in [2.05, 4.69) is 4.72 Å². The Balaban J connectivity index is 2.47. The molecule has 1 N–H and O–H groups in total. The molecule has 0 aliphatic carbocycles. The number of halogens is 1. The van der Waals surface area contributed by atoms with Crippen molar-refractivity contribution in [2.24, 2.45) is 0 Å². The molecule has 22 heavy (non-hydrogen) atoms. The van der Waals surface area contributed by atoms with Crippen molar-refractivity contribution < 1.29 is 12.8 Å². The number of benzene rings is 2. The zero-order valence-electron chi connectivity index (χ0n) is 13.1. The minimum Gasteiger partial charge on any atom is -0.279 e. The lowest BCUT2D eigenvalue weighted by atomic mass is 9.99. The Morgan fingerprint density at radius 2 is 1.73 bits per heavy atom. The normalized spacial score (nSPS) is 11.7. The van der Waals surface area contributed by atoms with Crippen molar-refractivity contribution in [3.63, 3.8) is 0 Å². The van der Waals surface area contributed by atoms with Crippen LogP contribution in [0.25, 0.3) is 0 Å². The SMILES string of the molecule is Cc1cc(S(=O)(=O)Nc2c(C)cccc2C(C)C)ccc1F. The van der Waals surface area contributed by atoms with Gasteiger partial charge in [-0.15, -0.1) is 0 Å². The van der Waals surface area contributed by atoms with Crippen LogP contribution in [-0.2, 0) is 10.0 Å². The number of nitrogens with one attached hydrogen (secondary N) is 1. The summed E-state index contributed by atoms with van der Waals surface area (Å²) in [5.74, 6) is -0.231. The van der Waals surface area contributed by atoms with E-state index in [1.807, 2.05) is 39.0 Å². The molecule has 2 aromatic carbocycles. The molecule has 0 fully saturated rings. The fourth-order valence-corrected chi connectivity index (χ4v) is 3.53. The second-order valence-electron chi connectivity index (χ2n) is 5.71. The maximum atomic E-state index is 13.3. The van der Waals surface area contributed by atoms with E-state index in [9.17, 15) is 12.8 Å². The quantitative estimate of drug-likeness (QED) is 0.909. The van der Waals surface area contributed by atoms with Gasteiger partial charge >= 0.3 is 0 Å².